The van der Waals surface area contributed by atoms with E-state index >= 15 is 0 Å². The Labute approximate surface area is 149 Å². The first-order valence-electron chi connectivity index (χ1n) is 8.75. The molecule has 2 aliphatic heterocycles. The molecule has 0 unspecified atom stereocenters. The molecule has 3 aliphatic rings. The molecule has 2 amide bonds. The van der Waals surface area contributed by atoms with Gasteiger partial charge < -0.3 is 19.7 Å². The maximum Gasteiger partial charge on any atom is 0.272 e. The summed E-state index contributed by atoms with van der Waals surface area (Å²) in [5.74, 6) is 0.976. The normalized spacial score (nSPS) is 17.8. The molecule has 0 atom stereocenters. The van der Waals surface area contributed by atoms with E-state index in [1.54, 1.807) is 23.1 Å². The Balaban J connectivity index is 1.37. The van der Waals surface area contributed by atoms with Gasteiger partial charge >= 0.3 is 0 Å². The van der Waals surface area contributed by atoms with Gasteiger partial charge in [0, 0.05) is 35.8 Å². The highest BCUT2D eigenvalue weighted by atomic mass is 16.7. The maximum atomic E-state index is 12.9. The number of benzene rings is 1. The first-order valence-corrected chi connectivity index (χ1v) is 8.75. The molecule has 0 bridgehead atoms. The molecule has 134 valence electrons. The lowest BCUT2D eigenvalue weighted by Crippen LogP contribution is -2.37. The molecule has 5 rings (SSSR count). The minimum atomic E-state index is -0.164. The molecule has 1 saturated carbocycles. The highest BCUT2D eigenvalue weighted by Gasteiger charge is 2.31. The van der Waals surface area contributed by atoms with Crippen LogP contribution in [0, 0.1) is 0 Å². The lowest BCUT2D eigenvalue weighted by Gasteiger charge is -2.27. The van der Waals surface area contributed by atoms with Gasteiger partial charge in [0.25, 0.3) is 11.8 Å². The van der Waals surface area contributed by atoms with Gasteiger partial charge in [0.1, 0.15) is 0 Å². The Hall–Kier alpha value is -3.03. The van der Waals surface area contributed by atoms with E-state index in [2.05, 4.69) is 15.5 Å². The Kier molecular flexibility index (Phi) is 3.37. The average Bonchev–Trinajstić information content (AvgIpc) is 3.19. The minimum absolute atomic E-state index is 0.0938. The molecule has 1 aromatic carbocycles. The predicted molar refractivity (Wildman–Crippen MR) is 90.1 cm³/mol. The van der Waals surface area contributed by atoms with Crippen molar-refractivity contribution in [2.75, 3.05) is 13.3 Å². The van der Waals surface area contributed by atoms with Crippen LogP contribution in [0.5, 0.6) is 11.5 Å². The van der Waals surface area contributed by atoms with E-state index in [9.17, 15) is 9.59 Å². The van der Waals surface area contributed by atoms with Crippen LogP contribution in [0.3, 0.4) is 0 Å². The van der Waals surface area contributed by atoms with E-state index in [0.29, 0.717) is 42.3 Å². The number of carbonyl (C=O) groups is 2. The molecule has 1 aliphatic carbocycles. The first-order chi connectivity index (χ1) is 12.7. The number of nitrogens with zero attached hydrogens (tertiary/aromatic N) is 2. The first kappa shape index (κ1) is 15.2. The second-order valence-electron chi connectivity index (χ2n) is 6.82. The highest BCUT2D eigenvalue weighted by Crippen LogP contribution is 2.33. The van der Waals surface area contributed by atoms with Crippen molar-refractivity contribution < 1.29 is 19.1 Å². The van der Waals surface area contributed by atoms with Crippen LogP contribution in [-0.4, -0.2) is 46.3 Å². The molecule has 0 radical (unpaired) electrons. The van der Waals surface area contributed by atoms with Crippen molar-refractivity contribution in [2.45, 2.75) is 31.8 Å². The molecule has 8 nitrogen and oxygen atoms in total. The highest BCUT2D eigenvalue weighted by molar-refractivity contribution is 5.96. The second-order valence-corrected chi connectivity index (χ2v) is 6.82. The number of aromatic amines is 1. The summed E-state index contributed by atoms with van der Waals surface area (Å²) in [5.41, 5.74) is 2.68. The largest absolute Gasteiger partial charge is 0.454 e. The number of nitrogens with one attached hydrogen (secondary N) is 2. The summed E-state index contributed by atoms with van der Waals surface area (Å²) in [6, 6.07) is 5.46. The molecule has 3 heterocycles. The zero-order valence-corrected chi connectivity index (χ0v) is 14.1. The van der Waals surface area contributed by atoms with Crippen LogP contribution in [0.15, 0.2) is 18.2 Å². The topological polar surface area (TPSA) is 96.6 Å². The van der Waals surface area contributed by atoms with Crippen LogP contribution >= 0.6 is 0 Å². The molecule has 1 fully saturated rings. The Morgan fingerprint density at radius 1 is 1.23 bits per heavy atom. The predicted octanol–water partition coefficient (Wildman–Crippen LogP) is 1.23. The monoisotopic (exact) mass is 354 g/mol. The maximum absolute atomic E-state index is 12.9. The van der Waals surface area contributed by atoms with Crippen molar-refractivity contribution in [2.24, 2.45) is 0 Å². The number of aromatic nitrogens is 2. The summed E-state index contributed by atoms with van der Waals surface area (Å²) in [5, 5.41) is 10.1. The van der Waals surface area contributed by atoms with Gasteiger partial charge in [-0.1, -0.05) is 0 Å². The number of hydrogen-bond donors (Lipinski definition) is 2. The van der Waals surface area contributed by atoms with Crippen LogP contribution in [0.1, 0.15) is 44.9 Å². The number of H-pyrrole nitrogens is 1. The van der Waals surface area contributed by atoms with E-state index in [0.717, 1.165) is 24.1 Å². The molecule has 2 aromatic rings. The number of ether oxygens (including phenoxy) is 2. The van der Waals surface area contributed by atoms with Crippen LogP contribution in [0.4, 0.5) is 0 Å². The zero-order chi connectivity index (χ0) is 17.7. The van der Waals surface area contributed by atoms with Crippen LogP contribution < -0.4 is 14.8 Å². The molecule has 0 saturated heterocycles. The van der Waals surface area contributed by atoms with Crippen LogP contribution in [-0.2, 0) is 13.0 Å². The molecular weight excluding hydrogens is 336 g/mol. The van der Waals surface area contributed by atoms with Crippen molar-refractivity contribution in [1.82, 2.24) is 20.4 Å². The summed E-state index contributed by atoms with van der Waals surface area (Å²) < 4.78 is 10.6. The second kappa shape index (κ2) is 5.76. The van der Waals surface area contributed by atoms with Crippen molar-refractivity contribution in [1.29, 1.82) is 0 Å². The summed E-state index contributed by atoms with van der Waals surface area (Å²) >= 11 is 0. The molecule has 0 spiro atoms. The molecular formula is C18H18N4O4. The van der Waals surface area contributed by atoms with E-state index < -0.39 is 0 Å². The molecule has 1 aromatic heterocycles. The summed E-state index contributed by atoms with van der Waals surface area (Å²) in [4.78, 5) is 27.0. The number of hydrogen-bond acceptors (Lipinski definition) is 5. The van der Waals surface area contributed by atoms with E-state index in [-0.39, 0.29) is 24.6 Å². The lowest BCUT2D eigenvalue weighted by molar-refractivity contribution is 0.0731. The molecule has 26 heavy (non-hydrogen) atoms. The molecule has 2 N–H and O–H groups in total. The van der Waals surface area contributed by atoms with Gasteiger partial charge in [0.15, 0.2) is 17.2 Å². The average molecular weight is 354 g/mol. The van der Waals surface area contributed by atoms with Crippen molar-refractivity contribution in [3.8, 4) is 11.5 Å². The van der Waals surface area contributed by atoms with Crippen molar-refractivity contribution in [3.63, 3.8) is 0 Å². The zero-order valence-electron chi connectivity index (χ0n) is 14.1. The fraction of sp³-hybridized carbons (Fsp3) is 0.389. The summed E-state index contributed by atoms with van der Waals surface area (Å²) in [6.45, 7) is 1.12. The number of carbonyl (C=O) groups excluding carboxylic acids is 2. The van der Waals surface area contributed by atoms with Gasteiger partial charge in [-0.25, -0.2) is 0 Å². The Morgan fingerprint density at radius 2 is 2.08 bits per heavy atom. The SMILES string of the molecule is O=C(NC1CC1)c1n[nH]c2c1CN(C(=O)c1ccc3c(c1)OCO3)CC2. The van der Waals surface area contributed by atoms with Crippen LogP contribution in [0.2, 0.25) is 0 Å². The van der Waals surface area contributed by atoms with E-state index in [1.807, 2.05) is 0 Å². The number of amides is 2. The summed E-state index contributed by atoms with van der Waals surface area (Å²) in [7, 11) is 0. The van der Waals surface area contributed by atoms with E-state index in [1.165, 1.54) is 0 Å². The lowest BCUT2D eigenvalue weighted by atomic mass is 10.0. The minimum Gasteiger partial charge on any atom is -0.454 e. The van der Waals surface area contributed by atoms with Crippen LogP contribution in [0.25, 0.3) is 0 Å². The van der Waals surface area contributed by atoms with Gasteiger partial charge in [-0.2, -0.15) is 5.10 Å². The Bertz CT molecular complexity index is 903. The fourth-order valence-electron chi connectivity index (χ4n) is 3.35. The summed E-state index contributed by atoms with van der Waals surface area (Å²) in [6.07, 6.45) is 2.69. The van der Waals surface area contributed by atoms with Gasteiger partial charge in [0.05, 0.1) is 6.54 Å². The third-order valence-electron chi connectivity index (χ3n) is 4.97. The number of rotatable bonds is 3. The van der Waals surface area contributed by atoms with Crippen molar-refractivity contribution in [3.05, 3.63) is 40.7 Å². The third-order valence-corrected chi connectivity index (χ3v) is 4.97. The van der Waals surface area contributed by atoms with Gasteiger partial charge in [0.2, 0.25) is 6.79 Å². The van der Waals surface area contributed by atoms with Crippen molar-refractivity contribution >= 4 is 11.8 Å². The van der Waals surface area contributed by atoms with Gasteiger partial charge in [-0.15, -0.1) is 0 Å². The molecule has 8 heteroatoms. The fourth-order valence-corrected chi connectivity index (χ4v) is 3.35. The quantitative estimate of drug-likeness (QED) is 0.864. The smallest absolute Gasteiger partial charge is 0.272 e. The van der Waals surface area contributed by atoms with Gasteiger partial charge in [-0.05, 0) is 31.0 Å². The number of fused-ring (bicyclic) bond motifs is 2. The third kappa shape index (κ3) is 2.58. The van der Waals surface area contributed by atoms with E-state index in [4.69, 9.17) is 9.47 Å². The standard InChI is InChI=1S/C18H18N4O4/c23-17(19-11-2-3-11)16-12-8-22(6-5-13(12)20-21-16)18(24)10-1-4-14-15(7-10)26-9-25-14/h1,4,7,11H,2-3,5-6,8-9H2,(H,19,23)(H,20,21). The Morgan fingerprint density at radius 3 is 2.92 bits per heavy atom. The van der Waals surface area contributed by atoms with Gasteiger partial charge in [-0.3, -0.25) is 14.7 Å².